The molecule has 0 atom stereocenters. The Hall–Kier alpha value is -1.44. The van der Waals surface area contributed by atoms with Gasteiger partial charge < -0.3 is 0 Å². The van der Waals surface area contributed by atoms with Crippen molar-refractivity contribution in [1.29, 1.82) is 0 Å². The standard InChI is InChI=1S/C9H10N2/c1-4-10-9-5-6-11-8(3)7(9)2/h4-6H,2-3H2,1H3. The molecule has 0 fully saturated rings. The Morgan fingerprint density at radius 3 is 2.91 bits per heavy atom. The van der Waals surface area contributed by atoms with E-state index in [9.17, 15) is 0 Å². The molecule has 0 bridgehead atoms. The van der Waals surface area contributed by atoms with Crippen LogP contribution in [-0.2, 0) is 0 Å². The fraction of sp³-hybridized carbons (Fsp3) is 0.111. The van der Waals surface area contributed by atoms with Gasteiger partial charge in [0.25, 0.3) is 0 Å². The third kappa shape index (κ3) is 1.52. The van der Waals surface area contributed by atoms with Crippen LogP contribution in [0.15, 0.2) is 17.3 Å². The Morgan fingerprint density at radius 1 is 1.55 bits per heavy atom. The van der Waals surface area contributed by atoms with Crippen LogP contribution in [-0.4, -0.2) is 11.2 Å². The maximum absolute atomic E-state index is 4.10. The van der Waals surface area contributed by atoms with Gasteiger partial charge in [-0.05, 0) is 13.0 Å². The summed E-state index contributed by atoms with van der Waals surface area (Å²) in [4.78, 5) is 8.07. The molecule has 0 spiro atoms. The van der Waals surface area contributed by atoms with Gasteiger partial charge in [0.15, 0.2) is 0 Å². The first-order chi connectivity index (χ1) is 5.25. The Kier molecular flexibility index (Phi) is 2.16. The molecule has 1 aromatic rings. The summed E-state index contributed by atoms with van der Waals surface area (Å²) in [6.45, 7) is 9.38. The molecule has 0 saturated carbocycles. The predicted octanol–water partition coefficient (Wildman–Crippen LogP) is 0.624. The van der Waals surface area contributed by atoms with Crippen molar-refractivity contribution in [2.45, 2.75) is 6.92 Å². The average Bonchev–Trinajstić information content (AvgIpc) is 1.99. The zero-order valence-electron chi connectivity index (χ0n) is 6.54. The lowest BCUT2D eigenvalue weighted by Crippen LogP contribution is -2.24. The van der Waals surface area contributed by atoms with Crippen LogP contribution in [0.4, 0.5) is 5.69 Å². The highest BCUT2D eigenvalue weighted by molar-refractivity contribution is 5.60. The highest BCUT2D eigenvalue weighted by Gasteiger charge is 1.88. The summed E-state index contributed by atoms with van der Waals surface area (Å²) in [7, 11) is 0. The molecule has 1 rings (SSSR count). The zero-order valence-corrected chi connectivity index (χ0v) is 6.54. The number of pyridine rings is 1. The second-order valence-corrected chi connectivity index (χ2v) is 2.14. The van der Waals surface area contributed by atoms with Crippen molar-refractivity contribution in [3.05, 3.63) is 22.8 Å². The molecule has 0 amide bonds. The molecule has 2 nitrogen and oxygen atoms in total. The minimum atomic E-state index is 0.688. The molecular weight excluding hydrogens is 136 g/mol. The van der Waals surface area contributed by atoms with Crippen LogP contribution in [0.5, 0.6) is 0 Å². The summed E-state index contributed by atoms with van der Waals surface area (Å²) in [6, 6.07) is 1.82. The summed E-state index contributed by atoms with van der Waals surface area (Å²) >= 11 is 0. The lowest BCUT2D eigenvalue weighted by Gasteiger charge is -1.91. The second kappa shape index (κ2) is 3.10. The van der Waals surface area contributed by atoms with Crippen molar-refractivity contribution in [3.63, 3.8) is 0 Å². The summed E-state index contributed by atoms with van der Waals surface area (Å²) < 4.78 is 0. The predicted molar refractivity (Wildman–Crippen MR) is 48.4 cm³/mol. The molecular formula is C9H10N2. The smallest absolute Gasteiger partial charge is 0.0728 e. The van der Waals surface area contributed by atoms with Crippen molar-refractivity contribution in [2.75, 3.05) is 0 Å². The molecule has 0 aliphatic heterocycles. The molecule has 1 aromatic heterocycles. The van der Waals surface area contributed by atoms with Crippen molar-refractivity contribution in [2.24, 2.45) is 4.99 Å². The molecule has 0 N–H and O–H groups in total. The first kappa shape index (κ1) is 7.66. The van der Waals surface area contributed by atoms with Gasteiger partial charge in [-0.2, -0.15) is 0 Å². The number of nitrogens with zero attached hydrogens (tertiary/aromatic N) is 2. The van der Waals surface area contributed by atoms with Gasteiger partial charge in [0, 0.05) is 17.6 Å². The van der Waals surface area contributed by atoms with Gasteiger partial charge >= 0.3 is 0 Å². The fourth-order valence-electron chi connectivity index (χ4n) is 0.784. The molecule has 0 aliphatic carbocycles. The van der Waals surface area contributed by atoms with Crippen molar-refractivity contribution < 1.29 is 0 Å². The van der Waals surface area contributed by atoms with Gasteiger partial charge in [-0.25, -0.2) is 0 Å². The van der Waals surface area contributed by atoms with E-state index in [2.05, 4.69) is 23.1 Å². The van der Waals surface area contributed by atoms with Gasteiger partial charge in [-0.1, -0.05) is 13.2 Å². The number of aromatic nitrogens is 1. The van der Waals surface area contributed by atoms with Crippen LogP contribution in [0.25, 0.3) is 13.2 Å². The highest BCUT2D eigenvalue weighted by Crippen LogP contribution is 1.97. The SMILES string of the molecule is C=c1nccc(N=CC)c1=C. The van der Waals surface area contributed by atoms with E-state index in [1.807, 2.05) is 13.0 Å². The number of aliphatic imine (C=N–C) groups is 1. The molecule has 1 heterocycles. The quantitative estimate of drug-likeness (QED) is 0.533. The van der Waals surface area contributed by atoms with Gasteiger partial charge in [0.1, 0.15) is 0 Å². The fourth-order valence-corrected chi connectivity index (χ4v) is 0.784. The maximum atomic E-state index is 4.10. The monoisotopic (exact) mass is 146 g/mol. The molecule has 2 heteroatoms. The Bertz CT molecular complexity index is 366. The van der Waals surface area contributed by atoms with E-state index in [0.29, 0.717) is 5.35 Å². The largest absolute Gasteiger partial charge is 0.261 e. The molecule has 0 radical (unpaired) electrons. The van der Waals surface area contributed by atoms with Crippen LogP contribution in [0.3, 0.4) is 0 Å². The summed E-state index contributed by atoms with van der Waals surface area (Å²) in [5.74, 6) is 0. The molecule has 0 unspecified atom stereocenters. The van der Waals surface area contributed by atoms with Gasteiger partial charge in [-0.3, -0.25) is 9.98 Å². The molecule has 0 aromatic carbocycles. The third-order valence-electron chi connectivity index (χ3n) is 1.39. The molecule has 0 aliphatic rings. The van der Waals surface area contributed by atoms with Crippen molar-refractivity contribution in [1.82, 2.24) is 4.98 Å². The lowest BCUT2D eigenvalue weighted by molar-refractivity contribution is 1.22. The van der Waals surface area contributed by atoms with Gasteiger partial charge in [0.05, 0.1) is 11.0 Å². The van der Waals surface area contributed by atoms with Crippen LogP contribution >= 0.6 is 0 Å². The second-order valence-electron chi connectivity index (χ2n) is 2.14. The van der Waals surface area contributed by atoms with E-state index in [0.717, 1.165) is 10.9 Å². The number of hydrogen-bond acceptors (Lipinski definition) is 2. The van der Waals surface area contributed by atoms with E-state index in [4.69, 9.17) is 0 Å². The van der Waals surface area contributed by atoms with Gasteiger partial charge in [0.2, 0.25) is 0 Å². The number of rotatable bonds is 1. The van der Waals surface area contributed by atoms with E-state index in [1.165, 1.54) is 0 Å². The normalized spacial score (nSPS) is 10.6. The first-order valence-electron chi connectivity index (χ1n) is 3.37. The molecule has 11 heavy (non-hydrogen) atoms. The average molecular weight is 146 g/mol. The Balaban J connectivity index is 3.40. The summed E-state index contributed by atoms with van der Waals surface area (Å²) in [6.07, 6.45) is 3.41. The maximum Gasteiger partial charge on any atom is 0.0728 e. The lowest BCUT2D eigenvalue weighted by atomic mass is 10.3. The van der Waals surface area contributed by atoms with E-state index in [1.54, 1.807) is 12.4 Å². The van der Waals surface area contributed by atoms with Crippen LogP contribution in [0.2, 0.25) is 0 Å². The Morgan fingerprint density at radius 2 is 2.27 bits per heavy atom. The van der Waals surface area contributed by atoms with E-state index >= 15 is 0 Å². The Labute approximate surface area is 65.6 Å². The van der Waals surface area contributed by atoms with Gasteiger partial charge in [-0.15, -0.1) is 0 Å². The minimum absolute atomic E-state index is 0.688. The topological polar surface area (TPSA) is 25.2 Å². The van der Waals surface area contributed by atoms with Crippen molar-refractivity contribution >= 4 is 25.1 Å². The first-order valence-corrected chi connectivity index (χ1v) is 3.37. The summed E-state index contributed by atoms with van der Waals surface area (Å²) in [5.41, 5.74) is 0.840. The zero-order chi connectivity index (χ0) is 8.27. The van der Waals surface area contributed by atoms with Crippen molar-refractivity contribution in [3.8, 4) is 0 Å². The van der Waals surface area contributed by atoms with Crippen LogP contribution < -0.4 is 10.6 Å². The third-order valence-corrected chi connectivity index (χ3v) is 1.39. The summed E-state index contributed by atoms with van der Waals surface area (Å²) in [5, 5.41) is 1.48. The highest BCUT2D eigenvalue weighted by atomic mass is 14.7. The van der Waals surface area contributed by atoms with Crippen LogP contribution in [0.1, 0.15) is 6.92 Å². The van der Waals surface area contributed by atoms with Crippen LogP contribution in [0, 0.1) is 0 Å². The van der Waals surface area contributed by atoms with E-state index in [-0.39, 0.29) is 0 Å². The number of hydrogen-bond donors (Lipinski definition) is 0. The molecule has 56 valence electrons. The van der Waals surface area contributed by atoms with E-state index < -0.39 is 0 Å². The molecule has 0 saturated heterocycles. The minimum Gasteiger partial charge on any atom is -0.261 e.